The third-order valence-electron chi connectivity index (χ3n) is 5.81. The van der Waals surface area contributed by atoms with Crippen molar-refractivity contribution in [2.24, 2.45) is 11.8 Å². The van der Waals surface area contributed by atoms with Gasteiger partial charge < -0.3 is 5.11 Å². The predicted molar refractivity (Wildman–Crippen MR) is 121 cm³/mol. The molecule has 1 rings (SSSR count). The summed E-state index contributed by atoms with van der Waals surface area (Å²) in [4.78, 5) is 11.2. The number of rotatable bonds is 17. The molecule has 0 aliphatic heterocycles. The van der Waals surface area contributed by atoms with Gasteiger partial charge in [-0.3, -0.25) is 4.79 Å². The van der Waals surface area contributed by atoms with Crippen LogP contribution in [0.15, 0.2) is 42.5 Å². The van der Waals surface area contributed by atoms with Crippen molar-refractivity contribution in [2.45, 2.75) is 97.3 Å². The van der Waals surface area contributed by atoms with Crippen LogP contribution in [0.25, 0.3) is 0 Å². The fraction of sp³-hybridized carbons (Fsp3) is 0.654. The first-order chi connectivity index (χ1) is 13.7. The Morgan fingerprint density at radius 3 is 2.36 bits per heavy atom. The number of allylic oxidation sites excluding steroid dienone is 2. The summed E-state index contributed by atoms with van der Waals surface area (Å²) in [6, 6.07) is 10.4. The summed E-state index contributed by atoms with van der Waals surface area (Å²) in [6.07, 6.45) is 19.4. The van der Waals surface area contributed by atoms with Crippen molar-refractivity contribution in [1.29, 1.82) is 0 Å². The van der Waals surface area contributed by atoms with E-state index in [1.807, 2.05) is 6.07 Å². The highest BCUT2D eigenvalue weighted by Gasteiger charge is 2.14. The third kappa shape index (κ3) is 12.8. The molecule has 1 N–H and O–H groups in total. The van der Waals surface area contributed by atoms with Crippen molar-refractivity contribution in [1.82, 2.24) is 0 Å². The topological polar surface area (TPSA) is 37.3 Å². The Morgan fingerprint density at radius 2 is 1.68 bits per heavy atom. The predicted octanol–water partition coefficient (Wildman–Crippen LogP) is 7.82. The molecule has 2 atom stereocenters. The molecule has 2 nitrogen and oxygen atoms in total. The molecule has 0 fully saturated rings. The van der Waals surface area contributed by atoms with Gasteiger partial charge >= 0.3 is 5.97 Å². The van der Waals surface area contributed by atoms with E-state index < -0.39 is 5.97 Å². The Morgan fingerprint density at radius 1 is 0.929 bits per heavy atom. The molecule has 0 spiro atoms. The Bertz CT molecular complexity index is 520. The minimum absolute atomic E-state index is 0.296. The number of carbonyl (C=O) groups is 1. The number of benzene rings is 1. The fourth-order valence-electron chi connectivity index (χ4n) is 3.89. The van der Waals surface area contributed by atoms with Crippen molar-refractivity contribution in [2.75, 3.05) is 0 Å². The van der Waals surface area contributed by atoms with Crippen LogP contribution < -0.4 is 0 Å². The van der Waals surface area contributed by atoms with Gasteiger partial charge in [-0.25, -0.2) is 0 Å². The van der Waals surface area contributed by atoms with Crippen LogP contribution in [0.4, 0.5) is 0 Å². The van der Waals surface area contributed by atoms with E-state index in [2.05, 4.69) is 50.3 Å². The van der Waals surface area contributed by atoms with E-state index >= 15 is 0 Å². The van der Waals surface area contributed by atoms with Crippen LogP contribution in [0.1, 0.15) is 96.5 Å². The zero-order valence-corrected chi connectivity index (χ0v) is 18.2. The lowest BCUT2D eigenvalue weighted by Gasteiger charge is -2.17. The van der Waals surface area contributed by atoms with Crippen molar-refractivity contribution in [3.63, 3.8) is 0 Å². The molecule has 28 heavy (non-hydrogen) atoms. The van der Waals surface area contributed by atoms with Crippen LogP contribution in [0.5, 0.6) is 0 Å². The monoisotopic (exact) mass is 386 g/mol. The van der Waals surface area contributed by atoms with E-state index in [1.54, 1.807) is 0 Å². The second-order valence-corrected chi connectivity index (χ2v) is 8.25. The molecule has 0 radical (unpaired) electrons. The lowest BCUT2D eigenvalue weighted by atomic mass is 9.88. The quantitative estimate of drug-likeness (QED) is 0.219. The molecule has 2 unspecified atom stereocenters. The summed E-state index contributed by atoms with van der Waals surface area (Å²) in [6.45, 7) is 4.54. The van der Waals surface area contributed by atoms with Crippen LogP contribution in [0.2, 0.25) is 0 Å². The number of aryl methyl sites for hydroxylation is 1. The van der Waals surface area contributed by atoms with Gasteiger partial charge in [0.25, 0.3) is 0 Å². The van der Waals surface area contributed by atoms with Gasteiger partial charge in [0, 0.05) is 6.42 Å². The molecule has 0 aromatic heterocycles. The largest absolute Gasteiger partial charge is 0.481 e. The number of hydrogen-bond acceptors (Lipinski definition) is 1. The van der Waals surface area contributed by atoms with Crippen LogP contribution in [-0.2, 0) is 11.2 Å². The van der Waals surface area contributed by atoms with Gasteiger partial charge in [-0.05, 0) is 55.9 Å². The molecule has 0 heterocycles. The average molecular weight is 387 g/mol. The third-order valence-corrected chi connectivity index (χ3v) is 5.81. The first-order valence-electron chi connectivity index (χ1n) is 11.6. The van der Waals surface area contributed by atoms with Gasteiger partial charge in [-0.2, -0.15) is 0 Å². The van der Waals surface area contributed by atoms with Gasteiger partial charge in [-0.1, -0.05) is 94.9 Å². The lowest BCUT2D eigenvalue weighted by Crippen LogP contribution is -2.10. The van der Waals surface area contributed by atoms with Gasteiger partial charge in [0.05, 0.1) is 0 Å². The highest BCUT2D eigenvalue weighted by molar-refractivity contribution is 5.67. The smallest absolute Gasteiger partial charge is 0.303 e. The number of aliphatic carboxylic acids is 1. The molecule has 158 valence electrons. The summed E-state index contributed by atoms with van der Waals surface area (Å²) in [5.41, 5.74) is 1.31. The molecule has 0 aliphatic carbocycles. The number of hydrogen-bond donors (Lipinski definition) is 1. The molecular formula is C26H42O2. The molecule has 2 heteroatoms. The van der Waals surface area contributed by atoms with Crippen molar-refractivity contribution < 1.29 is 9.90 Å². The lowest BCUT2D eigenvalue weighted by molar-refractivity contribution is -0.138. The van der Waals surface area contributed by atoms with Crippen LogP contribution in [0.3, 0.4) is 0 Å². The Kier molecular flexibility index (Phi) is 14.3. The molecule has 0 bridgehead atoms. The Balaban J connectivity index is 2.29. The number of carboxylic acids is 1. The molecular weight excluding hydrogens is 344 g/mol. The van der Waals surface area contributed by atoms with Crippen molar-refractivity contribution >= 4 is 5.97 Å². The van der Waals surface area contributed by atoms with E-state index in [0.717, 1.165) is 31.6 Å². The minimum Gasteiger partial charge on any atom is -0.481 e. The number of unbranched alkanes of at least 4 members (excludes halogenated alkanes) is 4. The maximum Gasteiger partial charge on any atom is 0.303 e. The zero-order chi connectivity index (χ0) is 20.5. The molecule has 0 saturated heterocycles. The Hall–Kier alpha value is -1.57. The molecule has 0 saturated carbocycles. The Labute approximate surface area is 173 Å². The minimum atomic E-state index is -0.656. The van der Waals surface area contributed by atoms with Gasteiger partial charge in [-0.15, -0.1) is 0 Å². The maximum atomic E-state index is 11.2. The van der Waals surface area contributed by atoms with Crippen LogP contribution >= 0.6 is 0 Å². The van der Waals surface area contributed by atoms with E-state index in [0.29, 0.717) is 12.3 Å². The summed E-state index contributed by atoms with van der Waals surface area (Å²) < 4.78 is 0. The second kappa shape index (κ2) is 16.4. The molecule has 1 aromatic carbocycles. The summed E-state index contributed by atoms with van der Waals surface area (Å²) >= 11 is 0. The average Bonchev–Trinajstić information content (AvgIpc) is 2.70. The maximum absolute atomic E-state index is 11.2. The van der Waals surface area contributed by atoms with Gasteiger partial charge in [0.15, 0.2) is 0 Å². The van der Waals surface area contributed by atoms with Gasteiger partial charge in [0.1, 0.15) is 0 Å². The van der Waals surface area contributed by atoms with Crippen molar-refractivity contribution in [3.05, 3.63) is 48.0 Å². The van der Waals surface area contributed by atoms with E-state index in [1.165, 1.54) is 56.9 Å². The standard InChI is InChI=1S/C26H42O2/c1-3-5-6-7-8-9-11-15-23(4-2)18-14-19-25(22-26(27)28)21-20-24-16-12-10-13-17-24/h9-13,16-17,23,25H,3-8,14-15,18-22H2,1-2H3,(H,27,28). The van der Waals surface area contributed by atoms with E-state index in [-0.39, 0.29) is 0 Å². The molecule has 1 aromatic rings. The second-order valence-electron chi connectivity index (χ2n) is 8.25. The first kappa shape index (κ1) is 24.5. The normalized spacial score (nSPS) is 13.6. The summed E-state index contributed by atoms with van der Waals surface area (Å²) in [7, 11) is 0. The molecule has 0 aliphatic rings. The summed E-state index contributed by atoms with van der Waals surface area (Å²) in [5.74, 6) is 0.381. The SMILES string of the molecule is CCCCCCC=CCC(CC)CCCC(CCc1ccccc1)CC(=O)O. The fourth-order valence-corrected chi connectivity index (χ4v) is 3.89. The summed E-state index contributed by atoms with van der Waals surface area (Å²) in [5, 5.41) is 9.25. The van der Waals surface area contributed by atoms with E-state index in [9.17, 15) is 9.90 Å². The first-order valence-corrected chi connectivity index (χ1v) is 11.6. The number of carboxylic acid groups (broad SMARTS) is 1. The van der Waals surface area contributed by atoms with Crippen molar-refractivity contribution in [3.8, 4) is 0 Å². The van der Waals surface area contributed by atoms with E-state index in [4.69, 9.17) is 0 Å². The zero-order valence-electron chi connectivity index (χ0n) is 18.2. The van der Waals surface area contributed by atoms with Crippen LogP contribution in [-0.4, -0.2) is 11.1 Å². The van der Waals surface area contributed by atoms with Gasteiger partial charge in [0.2, 0.25) is 0 Å². The molecule has 0 amide bonds. The highest BCUT2D eigenvalue weighted by atomic mass is 16.4. The highest BCUT2D eigenvalue weighted by Crippen LogP contribution is 2.24. The van der Waals surface area contributed by atoms with Crippen LogP contribution in [0, 0.1) is 11.8 Å².